The number of ether oxygens (including phenoxy) is 4. The Hall–Kier alpha value is -3.23. The molecule has 1 rings (SSSR count). The second-order valence-corrected chi connectivity index (χ2v) is 4.44. The molecule has 0 N–H and O–H groups in total. The molecule has 0 amide bonds. The smallest absolute Gasteiger partial charge is 0.308 e. The van der Waals surface area contributed by atoms with Crippen molar-refractivity contribution >= 4 is 30.2 Å². The van der Waals surface area contributed by atoms with Crippen LogP contribution in [0.3, 0.4) is 0 Å². The normalized spacial score (nSPS) is 9.67. The van der Waals surface area contributed by atoms with Gasteiger partial charge in [0.05, 0.1) is 5.56 Å². The summed E-state index contributed by atoms with van der Waals surface area (Å²) in [6.45, 7) is 4.21. The summed E-state index contributed by atoms with van der Waals surface area (Å²) >= 11 is 0. The number of aldehydes is 1. The zero-order valence-corrected chi connectivity index (χ0v) is 13.3. The van der Waals surface area contributed by atoms with Gasteiger partial charge in [0.1, 0.15) is 0 Å². The van der Waals surface area contributed by atoms with Gasteiger partial charge >= 0.3 is 23.9 Å². The van der Waals surface area contributed by atoms with Crippen LogP contribution < -0.4 is 18.9 Å². The molecule has 0 atom stereocenters. The van der Waals surface area contributed by atoms with Crippen molar-refractivity contribution in [3.63, 3.8) is 0 Å². The molecule has 0 saturated carbocycles. The summed E-state index contributed by atoms with van der Waals surface area (Å²) in [7, 11) is 0. The molecule has 0 heterocycles. The Bertz CT molecular complexity index is 718. The number of hydrogen-bond acceptors (Lipinski definition) is 9. The molecule has 0 unspecified atom stereocenters. The Kier molecular flexibility index (Phi) is 6.16. The van der Waals surface area contributed by atoms with Crippen LogP contribution in [0.4, 0.5) is 0 Å². The molecule has 0 fully saturated rings. The fraction of sp³-hybridized carbons (Fsp3) is 0.267. The van der Waals surface area contributed by atoms with Gasteiger partial charge in [-0.25, -0.2) is 0 Å². The summed E-state index contributed by atoms with van der Waals surface area (Å²) in [5.41, 5.74) is -0.256. The zero-order valence-electron chi connectivity index (χ0n) is 13.3. The maximum absolute atomic E-state index is 11.3. The van der Waals surface area contributed by atoms with Crippen molar-refractivity contribution in [2.45, 2.75) is 27.7 Å². The van der Waals surface area contributed by atoms with Crippen LogP contribution in [0.5, 0.6) is 23.0 Å². The van der Waals surface area contributed by atoms with E-state index in [4.69, 9.17) is 18.9 Å². The molecule has 0 aliphatic rings. The van der Waals surface area contributed by atoms with Crippen molar-refractivity contribution in [2.24, 2.45) is 0 Å². The minimum Gasteiger partial charge on any atom is -0.423 e. The average molecular weight is 338 g/mol. The van der Waals surface area contributed by atoms with Gasteiger partial charge in [0, 0.05) is 27.7 Å². The van der Waals surface area contributed by atoms with Crippen molar-refractivity contribution in [1.29, 1.82) is 0 Å². The molecule has 0 bridgehead atoms. The molecule has 0 aromatic heterocycles. The minimum absolute atomic E-state index is 0.256. The SMILES string of the molecule is CC(=O)Oc1cc(C=O)c(OC(C)=O)c(OC(C)=O)c1OC(C)=O. The van der Waals surface area contributed by atoms with Crippen LogP contribution in [0.2, 0.25) is 0 Å². The van der Waals surface area contributed by atoms with Crippen LogP contribution in [-0.2, 0) is 19.2 Å². The van der Waals surface area contributed by atoms with Crippen LogP contribution in [0.15, 0.2) is 6.07 Å². The third-order valence-electron chi connectivity index (χ3n) is 2.30. The van der Waals surface area contributed by atoms with Crippen molar-refractivity contribution in [2.75, 3.05) is 0 Å². The lowest BCUT2D eigenvalue weighted by atomic mass is 10.1. The van der Waals surface area contributed by atoms with E-state index >= 15 is 0 Å². The average Bonchev–Trinajstić information content (AvgIpc) is 2.42. The summed E-state index contributed by atoms with van der Waals surface area (Å²) in [4.78, 5) is 56.3. The molecule has 0 aliphatic carbocycles. The van der Waals surface area contributed by atoms with E-state index in [2.05, 4.69) is 0 Å². The predicted molar refractivity (Wildman–Crippen MR) is 77.1 cm³/mol. The first-order valence-electron chi connectivity index (χ1n) is 6.55. The van der Waals surface area contributed by atoms with Crippen LogP contribution >= 0.6 is 0 Å². The fourth-order valence-corrected chi connectivity index (χ4v) is 1.66. The molecule has 9 nitrogen and oxygen atoms in total. The van der Waals surface area contributed by atoms with Gasteiger partial charge in [0.25, 0.3) is 0 Å². The summed E-state index contributed by atoms with van der Waals surface area (Å²) in [6, 6.07) is 1.01. The molecular weight excluding hydrogens is 324 g/mol. The van der Waals surface area contributed by atoms with Gasteiger partial charge in [-0.3, -0.25) is 24.0 Å². The molecule has 0 aliphatic heterocycles. The van der Waals surface area contributed by atoms with Crippen molar-refractivity contribution in [1.82, 2.24) is 0 Å². The van der Waals surface area contributed by atoms with E-state index in [1.807, 2.05) is 0 Å². The third kappa shape index (κ3) is 4.90. The first kappa shape index (κ1) is 18.8. The summed E-state index contributed by atoms with van der Waals surface area (Å²) in [6.07, 6.45) is 0.288. The molecule has 0 saturated heterocycles. The Balaban J connectivity index is 3.76. The van der Waals surface area contributed by atoms with Gasteiger partial charge in [0.15, 0.2) is 17.8 Å². The summed E-state index contributed by atoms with van der Waals surface area (Å²) in [5.74, 6) is -5.09. The van der Waals surface area contributed by atoms with E-state index in [0.717, 1.165) is 33.8 Å². The molecule has 9 heteroatoms. The van der Waals surface area contributed by atoms with Crippen LogP contribution in [0, 0.1) is 0 Å². The second-order valence-electron chi connectivity index (χ2n) is 4.44. The van der Waals surface area contributed by atoms with Gasteiger partial charge in [-0.1, -0.05) is 0 Å². The molecule has 0 radical (unpaired) electrons. The predicted octanol–water partition coefficient (Wildman–Crippen LogP) is 1.20. The van der Waals surface area contributed by atoms with E-state index in [1.165, 1.54) is 0 Å². The number of esters is 4. The van der Waals surface area contributed by atoms with E-state index in [-0.39, 0.29) is 17.6 Å². The molecular formula is C15H14O9. The highest BCUT2D eigenvalue weighted by Crippen LogP contribution is 2.47. The van der Waals surface area contributed by atoms with E-state index < -0.39 is 41.1 Å². The largest absolute Gasteiger partial charge is 0.423 e. The number of benzene rings is 1. The zero-order chi connectivity index (χ0) is 18.4. The monoisotopic (exact) mass is 338 g/mol. The van der Waals surface area contributed by atoms with E-state index in [1.54, 1.807) is 0 Å². The lowest BCUT2D eigenvalue weighted by molar-refractivity contribution is -0.136. The fourth-order valence-electron chi connectivity index (χ4n) is 1.66. The van der Waals surface area contributed by atoms with Crippen LogP contribution in [0.1, 0.15) is 38.1 Å². The first-order valence-corrected chi connectivity index (χ1v) is 6.55. The Morgan fingerprint density at radius 2 is 1.12 bits per heavy atom. The number of rotatable bonds is 5. The highest BCUT2D eigenvalue weighted by molar-refractivity contribution is 5.90. The molecule has 24 heavy (non-hydrogen) atoms. The Morgan fingerprint density at radius 1 is 0.708 bits per heavy atom. The third-order valence-corrected chi connectivity index (χ3v) is 2.30. The quantitative estimate of drug-likeness (QED) is 0.442. The Labute approximate surface area is 136 Å². The highest BCUT2D eigenvalue weighted by Gasteiger charge is 2.27. The second kappa shape index (κ2) is 7.86. The molecule has 128 valence electrons. The van der Waals surface area contributed by atoms with E-state index in [9.17, 15) is 24.0 Å². The topological polar surface area (TPSA) is 122 Å². The lowest BCUT2D eigenvalue weighted by Crippen LogP contribution is -2.14. The lowest BCUT2D eigenvalue weighted by Gasteiger charge is -2.17. The number of carbonyl (C=O) groups excluding carboxylic acids is 5. The van der Waals surface area contributed by atoms with Crippen LogP contribution in [0.25, 0.3) is 0 Å². The van der Waals surface area contributed by atoms with Gasteiger partial charge in [0.2, 0.25) is 11.5 Å². The maximum Gasteiger partial charge on any atom is 0.308 e. The minimum atomic E-state index is -0.853. The van der Waals surface area contributed by atoms with Crippen molar-refractivity contribution in [3.8, 4) is 23.0 Å². The standard InChI is InChI=1S/C15H14O9/c1-7(17)21-12-5-11(6-16)13(22-8(2)18)15(24-10(4)20)14(12)23-9(3)19/h5-6H,1-4H3. The summed E-state index contributed by atoms with van der Waals surface area (Å²) < 4.78 is 19.5. The van der Waals surface area contributed by atoms with Gasteiger partial charge in [-0.15, -0.1) is 0 Å². The number of carbonyl (C=O) groups is 5. The van der Waals surface area contributed by atoms with Crippen LogP contribution in [-0.4, -0.2) is 30.2 Å². The molecule has 1 aromatic rings. The van der Waals surface area contributed by atoms with Crippen molar-refractivity contribution in [3.05, 3.63) is 11.6 Å². The molecule has 0 spiro atoms. The van der Waals surface area contributed by atoms with Crippen molar-refractivity contribution < 1.29 is 42.9 Å². The van der Waals surface area contributed by atoms with Gasteiger partial charge < -0.3 is 18.9 Å². The first-order chi connectivity index (χ1) is 11.1. The highest BCUT2D eigenvalue weighted by atomic mass is 16.6. The van der Waals surface area contributed by atoms with Gasteiger partial charge in [-0.05, 0) is 6.07 Å². The Morgan fingerprint density at radius 3 is 1.54 bits per heavy atom. The maximum atomic E-state index is 11.3. The van der Waals surface area contributed by atoms with Gasteiger partial charge in [-0.2, -0.15) is 0 Å². The summed E-state index contributed by atoms with van der Waals surface area (Å²) in [5, 5.41) is 0. The number of hydrogen-bond donors (Lipinski definition) is 0. The molecule has 1 aromatic carbocycles. The van der Waals surface area contributed by atoms with E-state index in [0.29, 0.717) is 0 Å².